The van der Waals surface area contributed by atoms with Gasteiger partial charge in [-0.05, 0) is 63.9 Å². The summed E-state index contributed by atoms with van der Waals surface area (Å²) in [6.07, 6.45) is 10.8. The van der Waals surface area contributed by atoms with Crippen LogP contribution in [0.4, 0.5) is 10.5 Å². The number of nitrogens with one attached hydrogen (secondary N) is 4. The van der Waals surface area contributed by atoms with E-state index in [-0.39, 0.29) is 6.03 Å². The van der Waals surface area contributed by atoms with Crippen molar-refractivity contribution in [3.63, 3.8) is 0 Å². The first-order valence-corrected chi connectivity index (χ1v) is 13.6. The van der Waals surface area contributed by atoms with Gasteiger partial charge in [0.15, 0.2) is 0 Å². The van der Waals surface area contributed by atoms with Crippen LogP contribution in [0.1, 0.15) is 38.4 Å². The average Bonchev–Trinajstić information content (AvgIpc) is 3.09. The van der Waals surface area contributed by atoms with E-state index >= 15 is 0 Å². The van der Waals surface area contributed by atoms with E-state index < -0.39 is 0 Å². The summed E-state index contributed by atoms with van der Waals surface area (Å²) >= 11 is 0. The smallest absolute Gasteiger partial charge is 0.319 e. The lowest BCUT2D eigenvalue weighted by atomic mass is 10.1. The molecule has 4 N–H and O–H groups in total. The largest absolute Gasteiger partial charge is 0.461 e. The molecule has 1 aliphatic rings. The highest BCUT2D eigenvalue weighted by Crippen LogP contribution is 2.25. The zero-order valence-corrected chi connectivity index (χ0v) is 24.8. The summed E-state index contributed by atoms with van der Waals surface area (Å²) in [5.74, 6) is 1.61. The number of para-hydroxylation sites is 1. The number of rotatable bonds is 11. The highest BCUT2D eigenvalue weighted by molar-refractivity contribution is 5.90. The Balaban J connectivity index is 0.00000274. The van der Waals surface area contributed by atoms with Crippen LogP contribution in [0.25, 0.3) is 0 Å². The SMILES string of the molecule is CC.CNn1cc(NC(=O)NCCN(C)C)c(C)c1C/C(NC1=CC=C(Oc2ccccc2)CC=C1)=C(\C)C#N. The molecule has 9 heteroatoms. The summed E-state index contributed by atoms with van der Waals surface area (Å²) in [5.41, 5.74) is 7.87. The van der Waals surface area contributed by atoms with Crippen LogP contribution in [-0.2, 0) is 6.42 Å². The maximum atomic E-state index is 12.4. The number of amides is 2. The molecule has 0 saturated heterocycles. The predicted octanol–water partition coefficient (Wildman–Crippen LogP) is 5.42. The van der Waals surface area contributed by atoms with Crippen molar-refractivity contribution in [1.29, 1.82) is 5.26 Å². The van der Waals surface area contributed by atoms with Crippen LogP contribution in [-0.4, -0.2) is 49.8 Å². The fourth-order valence-corrected chi connectivity index (χ4v) is 3.83. The van der Waals surface area contributed by atoms with E-state index in [4.69, 9.17) is 4.74 Å². The lowest BCUT2D eigenvalue weighted by molar-refractivity contribution is 0.250. The van der Waals surface area contributed by atoms with Gasteiger partial charge in [0.25, 0.3) is 0 Å². The fourth-order valence-electron chi connectivity index (χ4n) is 3.83. The molecule has 1 aliphatic carbocycles. The van der Waals surface area contributed by atoms with Crippen LogP contribution in [0.15, 0.2) is 83.6 Å². The van der Waals surface area contributed by atoms with Crippen molar-refractivity contribution in [3.05, 3.63) is 94.8 Å². The Morgan fingerprint density at radius 3 is 2.52 bits per heavy atom. The lowest BCUT2D eigenvalue weighted by Crippen LogP contribution is -2.34. The quantitative estimate of drug-likeness (QED) is 0.281. The van der Waals surface area contributed by atoms with Crippen LogP contribution in [0.2, 0.25) is 0 Å². The number of anilines is 1. The second-order valence-corrected chi connectivity index (χ2v) is 9.19. The molecule has 1 heterocycles. The van der Waals surface area contributed by atoms with Gasteiger partial charge in [0.1, 0.15) is 11.5 Å². The van der Waals surface area contributed by atoms with E-state index in [9.17, 15) is 10.1 Å². The Hall–Kier alpha value is -4.42. The van der Waals surface area contributed by atoms with E-state index in [1.54, 1.807) is 6.92 Å². The molecule has 2 amide bonds. The summed E-state index contributed by atoms with van der Waals surface area (Å²) in [6, 6.07) is 11.7. The van der Waals surface area contributed by atoms with Crippen LogP contribution in [0.3, 0.4) is 0 Å². The molecule has 40 heavy (non-hydrogen) atoms. The van der Waals surface area contributed by atoms with Crippen LogP contribution < -0.4 is 26.1 Å². The molecule has 0 radical (unpaired) electrons. The van der Waals surface area contributed by atoms with Gasteiger partial charge in [0.2, 0.25) is 0 Å². The Kier molecular flexibility index (Phi) is 13.1. The van der Waals surface area contributed by atoms with Crippen molar-refractivity contribution in [2.24, 2.45) is 0 Å². The van der Waals surface area contributed by atoms with Gasteiger partial charge in [-0.1, -0.05) is 38.1 Å². The van der Waals surface area contributed by atoms with Gasteiger partial charge in [-0.25, -0.2) is 4.79 Å². The maximum absolute atomic E-state index is 12.4. The first-order valence-electron chi connectivity index (χ1n) is 13.6. The van der Waals surface area contributed by atoms with Gasteiger partial charge in [-0.2, -0.15) is 5.26 Å². The number of carbonyl (C=O) groups is 1. The maximum Gasteiger partial charge on any atom is 0.319 e. The van der Waals surface area contributed by atoms with Crippen molar-refractivity contribution in [3.8, 4) is 11.8 Å². The van der Waals surface area contributed by atoms with E-state index in [0.29, 0.717) is 30.6 Å². The first-order chi connectivity index (χ1) is 19.3. The van der Waals surface area contributed by atoms with Crippen LogP contribution in [0.5, 0.6) is 5.75 Å². The minimum Gasteiger partial charge on any atom is -0.461 e. The minimum absolute atomic E-state index is 0.258. The van der Waals surface area contributed by atoms with E-state index in [1.165, 1.54) is 0 Å². The average molecular weight is 546 g/mol. The summed E-state index contributed by atoms with van der Waals surface area (Å²) in [7, 11) is 5.73. The topological polar surface area (TPSA) is 106 Å². The summed E-state index contributed by atoms with van der Waals surface area (Å²) < 4.78 is 7.85. The molecule has 1 aromatic carbocycles. The first kappa shape index (κ1) is 31.8. The molecular formula is C31H43N7O2. The Labute approximate surface area is 238 Å². The number of nitriles is 1. The standard InChI is InChI=1S/C29H37N7O2.C2H6/c1-21(19-30)26(33-23-10-9-13-25(15-14-23)38-24-11-7-6-8-12-24)18-28-22(2)27(20-36(28)31-3)34-29(37)32-16-17-35(4)5;1-2/h6-12,14-15,20,31,33H,13,16-18H2,1-5H3,(H2,32,34,37);1-2H3/b26-21-;. The molecule has 0 spiro atoms. The Morgan fingerprint density at radius 1 is 1.15 bits per heavy atom. The number of likely N-dealkylation sites (N-methyl/N-ethyl adjacent to an activating group) is 1. The number of allylic oxidation sites excluding steroid dienone is 6. The summed E-state index contributed by atoms with van der Waals surface area (Å²) in [4.78, 5) is 14.4. The van der Waals surface area contributed by atoms with Gasteiger partial charge in [0, 0.05) is 49.9 Å². The van der Waals surface area contributed by atoms with E-state index in [2.05, 4.69) is 27.4 Å². The number of urea groups is 1. The molecule has 0 saturated carbocycles. The summed E-state index contributed by atoms with van der Waals surface area (Å²) in [6.45, 7) is 9.05. The Morgan fingerprint density at radius 2 is 1.88 bits per heavy atom. The number of aromatic nitrogens is 1. The number of ether oxygens (including phenoxy) is 1. The van der Waals surface area contributed by atoms with Gasteiger partial charge in [-0.3, -0.25) is 4.68 Å². The molecule has 3 rings (SSSR count). The third-order valence-electron chi connectivity index (χ3n) is 6.04. The Bertz CT molecular complexity index is 1280. The van der Waals surface area contributed by atoms with Gasteiger partial charge in [-0.15, -0.1) is 0 Å². The highest BCUT2D eigenvalue weighted by Gasteiger charge is 2.17. The third kappa shape index (κ3) is 9.71. The van der Waals surface area contributed by atoms with E-state index in [1.807, 2.05) is 112 Å². The monoisotopic (exact) mass is 545 g/mol. The summed E-state index contributed by atoms with van der Waals surface area (Å²) in [5, 5.41) is 18.9. The normalized spacial score (nSPS) is 13.0. The molecule has 9 nitrogen and oxygen atoms in total. The third-order valence-corrected chi connectivity index (χ3v) is 6.04. The van der Waals surface area contributed by atoms with Crippen molar-refractivity contribution in [2.45, 2.75) is 40.5 Å². The number of hydrogen-bond acceptors (Lipinski definition) is 6. The molecule has 0 aliphatic heterocycles. The lowest BCUT2D eigenvalue weighted by Gasteiger charge is -2.16. The number of carbonyl (C=O) groups excluding carboxylic acids is 1. The van der Waals surface area contributed by atoms with E-state index in [0.717, 1.165) is 40.7 Å². The number of hydrogen-bond donors (Lipinski definition) is 4. The minimum atomic E-state index is -0.258. The zero-order chi connectivity index (χ0) is 29.5. The molecule has 0 bridgehead atoms. The molecule has 0 unspecified atom stereocenters. The van der Waals surface area contributed by atoms with Crippen LogP contribution >= 0.6 is 0 Å². The molecular weight excluding hydrogens is 502 g/mol. The molecule has 2 aromatic rings. The highest BCUT2D eigenvalue weighted by atomic mass is 16.5. The number of nitrogens with zero attached hydrogens (tertiary/aromatic N) is 3. The number of benzene rings is 1. The van der Waals surface area contributed by atoms with Crippen molar-refractivity contribution < 1.29 is 9.53 Å². The molecule has 1 aromatic heterocycles. The van der Waals surface area contributed by atoms with Gasteiger partial charge in [0.05, 0.1) is 23.6 Å². The second-order valence-electron chi connectivity index (χ2n) is 9.19. The van der Waals surface area contributed by atoms with Gasteiger partial charge >= 0.3 is 6.03 Å². The van der Waals surface area contributed by atoms with Crippen molar-refractivity contribution in [2.75, 3.05) is 45.0 Å². The predicted molar refractivity (Wildman–Crippen MR) is 164 cm³/mol. The van der Waals surface area contributed by atoms with Gasteiger partial charge < -0.3 is 31.0 Å². The molecule has 214 valence electrons. The fraction of sp³-hybridized carbons (Fsp3) is 0.355. The molecule has 0 atom stereocenters. The molecule has 0 fully saturated rings. The second kappa shape index (κ2) is 16.5. The van der Waals surface area contributed by atoms with Crippen molar-refractivity contribution in [1.82, 2.24) is 20.2 Å². The van der Waals surface area contributed by atoms with Crippen LogP contribution in [0, 0.1) is 18.3 Å². The zero-order valence-electron chi connectivity index (χ0n) is 24.8. The van der Waals surface area contributed by atoms with Crippen molar-refractivity contribution >= 4 is 11.7 Å².